The summed E-state index contributed by atoms with van der Waals surface area (Å²) < 4.78 is 6.02. The summed E-state index contributed by atoms with van der Waals surface area (Å²) in [5.41, 5.74) is 8.28. The van der Waals surface area contributed by atoms with Crippen LogP contribution in [0.3, 0.4) is 0 Å². The number of pyridine rings is 1. The van der Waals surface area contributed by atoms with E-state index in [0.717, 1.165) is 33.8 Å². The number of aryl methyl sites for hydroxylation is 1. The number of nitrogens with two attached hydrogens (primary N) is 1. The van der Waals surface area contributed by atoms with Crippen molar-refractivity contribution in [3.05, 3.63) is 72.6 Å². The lowest BCUT2D eigenvalue weighted by molar-refractivity contribution is 0.488. The predicted octanol–water partition coefficient (Wildman–Crippen LogP) is 4.45. The number of nitrogen functional groups attached to an aromatic ring is 1. The van der Waals surface area contributed by atoms with Crippen LogP contribution in [0.4, 0.5) is 17.5 Å². The summed E-state index contributed by atoms with van der Waals surface area (Å²) >= 11 is 0. The third kappa shape index (κ3) is 3.39. The standard InChI is InChI=1S/C20H17N5O/c1-13-12-19(25-20(21)23-13)24-14-7-9-15(10-8-14)26-18-6-2-5-17-16(18)4-3-11-22-17/h2-12H,1H3,(H3,21,23,24,25). The highest BCUT2D eigenvalue weighted by molar-refractivity contribution is 5.85. The average molecular weight is 343 g/mol. The molecule has 2 aromatic heterocycles. The second-order valence-corrected chi connectivity index (χ2v) is 5.83. The van der Waals surface area contributed by atoms with Crippen LogP contribution in [0.2, 0.25) is 0 Å². The van der Waals surface area contributed by atoms with E-state index in [2.05, 4.69) is 20.3 Å². The third-order valence-corrected chi connectivity index (χ3v) is 3.83. The van der Waals surface area contributed by atoms with Crippen molar-refractivity contribution in [2.45, 2.75) is 6.92 Å². The first-order chi connectivity index (χ1) is 12.7. The lowest BCUT2D eigenvalue weighted by Crippen LogP contribution is -2.01. The van der Waals surface area contributed by atoms with Crippen LogP contribution in [-0.4, -0.2) is 15.0 Å². The number of anilines is 3. The molecule has 0 fully saturated rings. The molecule has 0 radical (unpaired) electrons. The Morgan fingerprint density at radius 3 is 2.62 bits per heavy atom. The fourth-order valence-corrected chi connectivity index (χ4v) is 2.70. The van der Waals surface area contributed by atoms with E-state index >= 15 is 0 Å². The van der Waals surface area contributed by atoms with Crippen molar-refractivity contribution in [2.24, 2.45) is 0 Å². The van der Waals surface area contributed by atoms with Crippen molar-refractivity contribution >= 4 is 28.4 Å². The molecule has 0 spiro atoms. The Kier molecular flexibility index (Phi) is 4.07. The number of rotatable bonds is 4. The Morgan fingerprint density at radius 1 is 0.962 bits per heavy atom. The minimum absolute atomic E-state index is 0.247. The normalized spacial score (nSPS) is 10.7. The van der Waals surface area contributed by atoms with E-state index in [1.54, 1.807) is 6.20 Å². The average Bonchev–Trinajstić information content (AvgIpc) is 2.63. The highest BCUT2D eigenvalue weighted by Crippen LogP contribution is 2.29. The van der Waals surface area contributed by atoms with Gasteiger partial charge in [-0.2, -0.15) is 4.98 Å². The van der Waals surface area contributed by atoms with E-state index in [0.29, 0.717) is 5.82 Å². The smallest absolute Gasteiger partial charge is 0.222 e. The number of nitrogens with zero attached hydrogens (tertiary/aromatic N) is 3. The predicted molar refractivity (Wildman–Crippen MR) is 103 cm³/mol. The van der Waals surface area contributed by atoms with E-state index in [-0.39, 0.29) is 5.95 Å². The maximum Gasteiger partial charge on any atom is 0.222 e. The molecule has 3 N–H and O–H groups in total. The van der Waals surface area contributed by atoms with Crippen LogP contribution in [-0.2, 0) is 0 Å². The molecular weight excluding hydrogens is 326 g/mol. The first kappa shape index (κ1) is 15.8. The molecule has 6 nitrogen and oxygen atoms in total. The minimum Gasteiger partial charge on any atom is -0.457 e. The topological polar surface area (TPSA) is 86.0 Å². The summed E-state index contributed by atoms with van der Waals surface area (Å²) in [6.45, 7) is 1.87. The Morgan fingerprint density at radius 2 is 1.81 bits per heavy atom. The zero-order chi connectivity index (χ0) is 17.9. The van der Waals surface area contributed by atoms with Crippen molar-refractivity contribution in [1.82, 2.24) is 15.0 Å². The number of ether oxygens (including phenoxy) is 1. The van der Waals surface area contributed by atoms with Crippen molar-refractivity contribution in [1.29, 1.82) is 0 Å². The van der Waals surface area contributed by atoms with E-state index in [1.807, 2.05) is 67.6 Å². The highest BCUT2D eigenvalue weighted by Gasteiger charge is 2.05. The van der Waals surface area contributed by atoms with Gasteiger partial charge in [0.2, 0.25) is 5.95 Å². The first-order valence-electron chi connectivity index (χ1n) is 8.17. The SMILES string of the molecule is Cc1cc(Nc2ccc(Oc3cccc4ncccc34)cc2)nc(N)n1. The van der Waals surface area contributed by atoms with Crippen LogP contribution in [0, 0.1) is 6.92 Å². The lowest BCUT2D eigenvalue weighted by Gasteiger charge is -2.10. The summed E-state index contributed by atoms with van der Waals surface area (Å²) in [4.78, 5) is 12.6. The van der Waals surface area contributed by atoms with Crippen molar-refractivity contribution in [3.8, 4) is 11.5 Å². The van der Waals surface area contributed by atoms with Crippen LogP contribution in [0.15, 0.2) is 66.9 Å². The fraction of sp³-hybridized carbons (Fsp3) is 0.0500. The van der Waals surface area contributed by atoms with Gasteiger partial charge in [-0.3, -0.25) is 4.98 Å². The summed E-state index contributed by atoms with van der Waals surface area (Å²) in [5.74, 6) is 2.42. The van der Waals surface area contributed by atoms with E-state index in [4.69, 9.17) is 10.5 Å². The van der Waals surface area contributed by atoms with Gasteiger partial charge < -0.3 is 15.8 Å². The first-order valence-corrected chi connectivity index (χ1v) is 8.17. The molecule has 0 atom stereocenters. The van der Waals surface area contributed by atoms with Crippen molar-refractivity contribution in [2.75, 3.05) is 11.1 Å². The molecule has 26 heavy (non-hydrogen) atoms. The molecule has 0 amide bonds. The van der Waals surface area contributed by atoms with Gasteiger partial charge in [0.05, 0.1) is 5.52 Å². The number of hydrogen-bond donors (Lipinski definition) is 2. The molecule has 0 aliphatic rings. The van der Waals surface area contributed by atoms with Gasteiger partial charge in [-0.25, -0.2) is 4.98 Å². The summed E-state index contributed by atoms with van der Waals surface area (Å²) in [6, 6.07) is 19.2. The zero-order valence-electron chi connectivity index (χ0n) is 14.2. The Balaban J connectivity index is 1.54. The van der Waals surface area contributed by atoms with Crippen molar-refractivity contribution in [3.63, 3.8) is 0 Å². The summed E-state index contributed by atoms with van der Waals surface area (Å²) in [5, 5.41) is 4.19. The van der Waals surface area contributed by atoms with Crippen molar-refractivity contribution < 1.29 is 4.74 Å². The van der Waals surface area contributed by atoms with E-state index in [1.165, 1.54) is 0 Å². The highest BCUT2D eigenvalue weighted by atomic mass is 16.5. The number of hydrogen-bond acceptors (Lipinski definition) is 6. The number of aromatic nitrogens is 3. The monoisotopic (exact) mass is 343 g/mol. The molecule has 2 aromatic carbocycles. The van der Waals surface area contributed by atoms with Gasteiger partial charge in [0.15, 0.2) is 0 Å². The Labute approximate surface area is 150 Å². The molecule has 6 heteroatoms. The molecular formula is C20H17N5O. The van der Waals surface area contributed by atoms with E-state index in [9.17, 15) is 0 Å². The van der Waals surface area contributed by atoms with Gasteiger partial charge in [0.1, 0.15) is 17.3 Å². The largest absolute Gasteiger partial charge is 0.457 e. The molecule has 0 aliphatic carbocycles. The molecule has 0 saturated carbocycles. The quantitative estimate of drug-likeness (QED) is 0.569. The number of benzene rings is 2. The maximum absolute atomic E-state index is 6.02. The molecule has 2 heterocycles. The van der Waals surface area contributed by atoms with E-state index < -0.39 is 0 Å². The van der Waals surface area contributed by atoms with Gasteiger partial charge in [-0.1, -0.05) is 6.07 Å². The fourth-order valence-electron chi connectivity index (χ4n) is 2.70. The molecule has 0 bridgehead atoms. The van der Waals surface area contributed by atoms with Gasteiger partial charge in [0.25, 0.3) is 0 Å². The second-order valence-electron chi connectivity index (χ2n) is 5.83. The van der Waals surface area contributed by atoms with Gasteiger partial charge in [0, 0.05) is 29.0 Å². The lowest BCUT2D eigenvalue weighted by atomic mass is 10.2. The Bertz CT molecular complexity index is 1040. The molecule has 0 unspecified atom stereocenters. The van der Waals surface area contributed by atoms with Crippen LogP contribution >= 0.6 is 0 Å². The van der Waals surface area contributed by atoms with Crippen LogP contribution < -0.4 is 15.8 Å². The number of nitrogens with one attached hydrogen (secondary N) is 1. The minimum atomic E-state index is 0.247. The van der Waals surface area contributed by atoms with Crippen LogP contribution in [0.5, 0.6) is 11.5 Å². The molecule has 0 saturated heterocycles. The Hall–Kier alpha value is -3.67. The van der Waals surface area contributed by atoms with Gasteiger partial charge >= 0.3 is 0 Å². The van der Waals surface area contributed by atoms with Crippen LogP contribution in [0.1, 0.15) is 5.69 Å². The van der Waals surface area contributed by atoms with Gasteiger partial charge in [-0.05, 0) is 55.5 Å². The maximum atomic E-state index is 6.02. The van der Waals surface area contributed by atoms with Gasteiger partial charge in [-0.15, -0.1) is 0 Å². The second kappa shape index (κ2) is 6.68. The molecule has 0 aliphatic heterocycles. The summed E-state index contributed by atoms with van der Waals surface area (Å²) in [6.07, 6.45) is 1.77. The zero-order valence-corrected chi connectivity index (χ0v) is 14.2. The third-order valence-electron chi connectivity index (χ3n) is 3.83. The molecule has 128 valence electrons. The summed E-state index contributed by atoms with van der Waals surface area (Å²) in [7, 11) is 0. The molecule has 4 rings (SSSR count). The molecule has 4 aromatic rings. The van der Waals surface area contributed by atoms with Crippen LogP contribution in [0.25, 0.3) is 10.9 Å². The number of fused-ring (bicyclic) bond motifs is 1.